The van der Waals surface area contributed by atoms with Gasteiger partial charge in [0.05, 0.1) is 25.2 Å². The number of para-hydroxylation sites is 1. The van der Waals surface area contributed by atoms with Crippen LogP contribution in [0.2, 0.25) is 0 Å². The van der Waals surface area contributed by atoms with E-state index in [0.29, 0.717) is 56.1 Å². The van der Waals surface area contributed by atoms with Crippen molar-refractivity contribution in [3.05, 3.63) is 83.3 Å². The van der Waals surface area contributed by atoms with Crippen molar-refractivity contribution in [2.75, 3.05) is 44.8 Å². The van der Waals surface area contributed by atoms with Gasteiger partial charge in [0.25, 0.3) is 5.56 Å². The molecule has 0 aliphatic carbocycles. The SMILES string of the molecule is COCCn1cnc2c(-c3ccccc3)cn(CC(=O)N3CCN(c4ccccc4F)CC3)c2c1=O. The molecule has 9 heteroatoms. The van der Waals surface area contributed by atoms with Gasteiger partial charge in [-0.05, 0) is 17.7 Å². The van der Waals surface area contributed by atoms with Gasteiger partial charge in [0, 0.05) is 45.0 Å². The summed E-state index contributed by atoms with van der Waals surface area (Å²) in [5.41, 5.74) is 3.03. The second kappa shape index (κ2) is 10.3. The lowest BCUT2D eigenvalue weighted by Crippen LogP contribution is -2.49. The van der Waals surface area contributed by atoms with Crippen molar-refractivity contribution in [2.45, 2.75) is 13.1 Å². The second-order valence-electron chi connectivity index (χ2n) is 8.79. The van der Waals surface area contributed by atoms with Crippen molar-refractivity contribution in [3.63, 3.8) is 0 Å². The fourth-order valence-electron chi connectivity index (χ4n) is 4.67. The molecular formula is C27H28FN5O3. The average Bonchev–Trinajstić information content (AvgIpc) is 3.28. The number of piperazine rings is 1. The highest BCUT2D eigenvalue weighted by atomic mass is 19.1. The lowest BCUT2D eigenvalue weighted by atomic mass is 10.1. The predicted octanol–water partition coefficient (Wildman–Crippen LogP) is 3.00. The van der Waals surface area contributed by atoms with Crippen LogP contribution in [0.3, 0.4) is 0 Å². The smallest absolute Gasteiger partial charge is 0.277 e. The molecule has 4 aromatic rings. The third-order valence-corrected chi connectivity index (χ3v) is 6.59. The van der Waals surface area contributed by atoms with E-state index < -0.39 is 0 Å². The molecule has 0 saturated carbocycles. The number of ether oxygens (including phenoxy) is 1. The largest absolute Gasteiger partial charge is 0.383 e. The molecule has 3 heterocycles. The molecule has 2 aromatic heterocycles. The van der Waals surface area contributed by atoms with Crippen molar-refractivity contribution < 1.29 is 13.9 Å². The normalized spacial score (nSPS) is 13.9. The van der Waals surface area contributed by atoms with Gasteiger partial charge in [-0.3, -0.25) is 14.2 Å². The molecular weight excluding hydrogens is 461 g/mol. The minimum Gasteiger partial charge on any atom is -0.383 e. The lowest BCUT2D eigenvalue weighted by molar-refractivity contribution is -0.132. The summed E-state index contributed by atoms with van der Waals surface area (Å²) in [4.78, 5) is 35.0. The summed E-state index contributed by atoms with van der Waals surface area (Å²) >= 11 is 0. The van der Waals surface area contributed by atoms with Crippen LogP contribution in [0, 0.1) is 5.82 Å². The van der Waals surface area contributed by atoms with Gasteiger partial charge in [-0.2, -0.15) is 0 Å². The van der Waals surface area contributed by atoms with Crippen molar-refractivity contribution in [2.24, 2.45) is 0 Å². The van der Waals surface area contributed by atoms with Gasteiger partial charge >= 0.3 is 0 Å². The van der Waals surface area contributed by atoms with E-state index in [-0.39, 0.29) is 23.8 Å². The first-order chi connectivity index (χ1) is 17.6. The minimum absolute atomic E-state index is 0.0221. The van der Waals surface area contributed by atoms with Crippen LogP contribution in [-0.4, -0.2) is 64.8 Å². The first-order valence-corrected chi connectivity index (χ1v) is 12.0. The molecule has 1 saturated heterocycles. The first-order valence-electron chi connectivity index (χ1n) is 12.0. The number of nitrogens with zero attached hydrogens (tertiary/aromatic N) is 5. The summed E-state index contributed by atoms with van der Waals surface area (Å²) in [5, 5.41) is 0. The molecule has 1 aliphatic rings. The van der Waals surface area contributed by atoms with E-state index in [1.165, 1.54) is 17.0 Å². The van der Waals surface area contributed by atoms with E-state index in [0.717, 1.165) is 11.1 Å². The number of amides is 1. The highest BCUT2D eigenvalue weighted by molar-refractivity contribution is 5.93. The van der Waals surface area contributed by atoms with Crippen molar-refractivity contribution in [1.29, 1.82) is 0 Å². The molecule has 0 spiro atoms. The lowest BCUT2D eigenvalue weighted by Gasteiger charge is -2.36. The number of carbonyl (C=O) groups excluding carboxylic acids is 1. The van der Waals surface area contributed by atoms with Crippen molar-refractivity contribution in [3.8, 4) is 11.1 Å². The van der Waals surface area contributed by atoms with E-state index >= 15 is 0 Å². The Morgan fingerprint density at radius 2 is 1.72 bits per heavy atom. The molecule has 1 aliphatic heterocycles. The predicted molar refractivity (Wildman–Crippen MR) is 136 cm³/mol. The molecule has 0 bridgehead atoms. The summed E-state index contributed by atoms with van der Waals surface area (Å²) in [6.07, 6.45) is 3.37. The molecule has 2 aromatic carbocycles. The number of benzene rings is 2. The molecule has 186 valence electrons. The summed E-state index contributed by atoms with van der Waals surface area (Å²) in [7, 11) is 1.58. The van der Waals surface area contributed by atoms with Gasteiger partial charge in [-0.25, -0.2) is 9.37 Å². The van der Waals surface area contributed by atoms with Crippen LogP contribution >= 0.6 is 0 Å². The zero-order valence-electron chi connectivity index (χ0n) is 20.1. The fourth-order valence-corrected chi connectivity index (χ4v) is 4.67. The number of rotatable bonds is 7. The van der Waals surface area contributed by atoms with Crippen LogP contribution in [0.15, 0.2) is 71.9 Å². The monoisotopic (exact) mass is 489 g/mol. The number of halogens is 1. The fraction of sp³-hybridized carbons (Fsp3) is 0.296. The quantitative estimate of drug-likeness (QED) is 0.399. The van der Waals surface area contributed by atoms with Gasteiger partial charge < -0.3 is 19.1 Å². The van der Waals surface area contributed by atoms with Crippen LogP contribution in [0.5, 0.6) is 0 Å². The maximum Gasteiger partial charge on any atom is 0.277 e. The summed E-state index contributed by atoms with van der Waals surface area (Å²) in [6, 6.07) is 16.4. The van der Waals surface area contributed by atoms with Gasteiger partial charge in [0.1, 0.15) is 23.4 Å². The first kappa shape index (κ1) is 23.7. The van der Waals surface area contributed by atoms with Gasteiger partial charge in [0.2, 0.25) is 5.91 Å². The summed E-state index contributed by atoms with van der Waals surface area (Å²) in [5.74, 6) is -0.354. The van der Waals surface area contributed by atoms with Crippen LogP contribution in [0.4, 0.5) is 10.1 Å². The Bertz CT molecular complexity index is 1420. The molecule has 0 radical (unpaired) electrons. The molecule has 0 unspecified atom stereocenters. The highest BCUT2D eigenvalue weighted by Gasteiger charge is 2.24. The second-order valence-corrected chi connectivity index (χ2v) is 8.79. The molecule has 1 fully saturated rings. The third-order valence-electron chi connectivity index (χ3n) is 6.59. The van der Waals surface area contributed by atoms with Crippen molar-refractivity contribution in [1.82, 2.24) is 19.0 Å². The zero-order chi connectivity index (χ0) is 25.1. The van der Waals surface area contributed by atoms with Crippen molar-refractivity contribution >= 4 is 22.6 Å². The van der Waals surface area contributed by atoms with Gasteiger partial charge in [0.15, 0.2) is 0 Å². The molecule has 5 rings (SSSR count). The van der Waals surface area contributed by atoms with Crippen LogP contribution < -0.4 is 10.5 Å². The highest BCUT2D eigenvalue weighted by Crippen LogP contribution is 2.28. The molecule has 8 nitrogen and oxygen atoms in total. The van der Waals surface area contributed by atoms with Gasteiger partial charge in [-0.1, -0.05) is 42.5 Å². The Labute approximate surface area is 208 Å². The molecule has 1 amide bonds. The standard InChI is InChI=1S/C27H28FN5O3/c1-36-16-15-32-19-29-25-21(20-7-3-2-4-8-20)17-33(26(25)27(32)35)18-24(34)31-13-11-30(12-14-31)23-10-6-5-9-22(23)28/h2-10,17,19H,11-16,18H2,1H3. The Morgan fingerprint density at radius 3 is 2.44 bits per heavy atom. The van der Waals surface area contributed by atoms with E-state index in [1.807, 2.05) is 47.5 Å². The Kier molecular flexibility index (Phi) is 6.81. The molecule has 0 N–H and O–H groups in total. The Hall–Kier alpha value is -3.98. The van der Waals surface area contributed by atoms with Crippen LogP contribution in [0.1, 0.15) is 0 Å². The number of hydrogen-bond donors (Lipinski definition) is 0. The van der Waals surface area contributed by atoms with E-state index in [9.17, 15) is 14.0 Å². The van der Waals surface area contributed by atoms with Gasteiger partial charge in [-0.15, -0.1) is 0 Å². The Balaban J connectivity index is 1.41. The van der Waals surface area contributed by atoms with E-state index in [2.05, 4.69) is 4.98 Å². The van der Waals surface area contributed by atoms with E-state index in [1.54, 1.807) is 28.7 Å². The molecule has 0 atom stereocenters. The summed E-state index contributed by atoms with van der Waals surface area (Å²) < 4.78 is 22.5. The minimum atomic E-state index is -0.262. The number of methoxy groups -OCH3 is 1. The maximum atomic E-state index is 14.2. The Morgan fingerprint density at radius 1 is 1.00 bits per heavy atom. The third kappa shape index (κ3) is 4.61. The zero-order valence-corrected chi connectivity index (χ0v) is 20.1. The van der Waals surface area contributed by atoms with E-state index in [4.69, 9.17) is 4.74 Å². The van der Waals surface area contributed by atoms with Crippen LogP contribution in [0.25, 0.3) is 22.2 Å². The molecule has 36 heavy (non-hydrogen) atoms. The number of anilines is 1. The van der Waals surface area contributed by atoms with Crippen LogP contribution in [-0.2, 0) is 22.6 Å². The topological polar surface area (TPSA) is 72.6 Å². The number of carbonyl (C=O) groups is 1. The maximum absolute atomic E-state index is 14.2. The summed E-state index contributed by atoms with van der Waals surface area (Å²) in [6.45, 7) is 2.82. The average molecular weight is 490 g/mol. The number of fused-ring (bicyclic) bond motifs is 1. The number of hydrogen-bond acceptors (Lipinski definition) is 5. The number of aromatic nitrogens is 3.